The minimum Gasteiger partial charge on any atom is -0.461 e. The molecule has 3 saturated heterocycles. The SMILES string of the molecule is C/C=C(/C)C(=O)O[C@H]1[C@H]2O[C@H]2[C@@]2(CO2)[C@H]2[C@H]3OC(=O)[C@H](C)[C@@H]3CC[C@]12C. The van der Waals surface area contributed by atoms with Gasteiger partial charge in [-0.2, -0.15) is 0 Å². The molecule has 142 valence electrons. The van der Waals surface area contributed by atoms with Gasteiger partial charge in [-0.05, 0) is 26.7 Å². The molecule has 5 fully saturated rings. The van der Waals surface area contributed by atoms with Crippen molar-refractivity contribution < 1.29 is 28.5 Å². The first kappa shape index (κ1) is 16.8. The number of hydrogen-bond donors (Lipinski definition) is 0. The van der Waals surface area contributed by atoms with Crippen LogP contribution in [0.25, 0.3) is 0 Å². The molecule has 0 aromatic carbocycles. The van der Waals surface area contributed by atoms with Crippen molar-refractivity contribution in [3.63, 3.8) is 0 Å². The van der Waals surface area contributed by atoms with E-state index in [-0.39, 0.29) is 65.1 Å². The van der Waals surface area contributed by atoms with Crippen LogP contribution in [0.3, 0.4) is 0 Å². The Bertz CT molecular complexity index is 709. The van der Waals surface area contributed by atoms with Crippen LogP contribution in [-0.2, 0) is 28.5 Å². The highest BCUT2D eigenvalue weighted by Crippen LogP contribution is 2.68. The molecule has 6 nitrogen and oxygen atoms in total. The molecule has 5 rings (SSSR count). The Balaban J connectivity index is 1.52. The lowest BCUT2D eigenvalue weighted by atomic mass is 9.51. The summed E-state index contributed by atoms with van der Waals surface area (Å²) in [5.74, 6) is -0.263. The fraction of sp³-hybridized carbons (Fsp3) is 0.800. The number of carbonyl (C=O) groups is 2. The first-order valence-electron chi connectivity index (χ1n) is 9.67. The first-order chi connectivity index (χ1) is 12.3. The van der Waals surface area contributed by atoms with Gasteiger partial charge < -0.3 is 18.9 Å². The van der Waals surface area contributed by atoms with E-state index in [1.807, 2.05) is 13.8 Å². The third-order valence-corrected chi connectivity index (χ3v) is 7.69. The summed E-state index contributed by atoms with van der Waals surface area (Å²) in [7, 11) is 0. The first-order valence-corrected chi connectivity index (χ1v) is 9.67. The minimum atomic E-state index is -0.369. The summed E-state index contributed by atoms with van der Waals surface area (Å²) < 4.78 is 23.8. The maximum Gasteiger partial charge on any atom is 0.333 e. The van der Waals surface area contributed by atoms with Crippen LogP contribution >= 0.6 is 0 Å². The molecule has 26 heavy (non-hydrogen) atoms. The van der Waals surface area contributed by atoms with Crippen molar-refractivity contribution in [3.05, 3.63) is 11.6 Å². The van der Waals surface area contributed by atoms with Crippen LogP contribution < -0.4 is 0 Å². The second-order valence-corrected chi connectivity index (χ2v) is 8.94. The van der Waals surface area contributed by atoms with E-state index in [0.29, 0.717) is 12.2 Å². The number of allylic oxidation sites excluding steroid dienone is 1. The largest absolute Gasteiger partial charge is 0.461 e. The number of ether oxygens (including phenoxy) is 4. The number of esters is 2. The van der Waals surface area contributed by atoms with Crippen LogP contribution in [0.1, 0.15) is 40.5 Å². The molecule has 0 amide bonds. The maximum atomic E-state index is 12.5. The van der Waals surface area contributed by atoms with Crippen LogP contribution in [0.15, 0.2) is 11.6 Å². The van der Waals surface area contributed by atoms with Crippen LogP contribution in [0.2, 0.25) is 0 Å². The maximum absolute atomic E-state index is 12.5. The molecular weight excluding hydrogens is 336 g/mol. The zero-order valence-corrected chi connectivity index (χ0v) is 15.7. The lowest BCUT2D eigenvalue weighted by Gasteiger charge is -2.53. The Kier molecular flexibility index (Phi) is 3.29. The fourth-order valence-corrected chi connectivity index (χ4v) is 5.94. The van der Waals surface area contributed by atoms with E-state index in [0.717, 1.165) is 12.8 Å². The van der Waals surface area contributed by atoms with Gasteiger partial charge in [-0.1, -0.05) is 19.9 Å². The summed E-state index contributed by atoms with van der Waals surface area (Å²) >= 11 is 0. The highest BCUT2D eigenvalue weighted by atomic mass is 16.7. The summed E-state index contributed by atoms with van der Waals surface area (Å²) in [6.45, 7) is 8.35. The lowest BCUT2D eigenvalue weighted by molar-refractivity contribution is -0.182. The summed E-state index contributed by atoms with van der Waals surface area (Å²) in [5, 5.41) is 0. The zero-order chi connectivity index (χ0) is 18.4. The predicted molar refractivity (Wildman–Crippen MR) is 90.0 cm³/mol. The standard InChI is InChI=1S/C20H26O6/c1-5-9(2)17(21)26-15-13-16(24-13)20(8-23-20)14-12-11(6-7-19(14,15)4)10(3)18(22)25-12/h5,10-16H,6-8H2,1-4H3/b9-5-/t10-,11+,12+,13-,14+,15+,16-,19+,20-/m1/s1. The molecule has 1 spiro atoms. The Morgan fingerprint density at radius 1 is 1.35 bits per heavy atom. The van der Waals surface area contributed by atoms with E-state index in [4.69, 9.17) is 18.9 Å². The van der Waals surface area contributed by atoms with Crippen LogP contribution in [-0.4, -0.2) is 48.6 Å². The van der Waals surface area contributed by atoms with Gasteiger partial charge in [-0.25, -0.2) is 4.79 Å². The third-order valence-electron chi connectivity index (χ3n) is 7.69. The number of carbonyl (C=O) groups excluding carboxylic acids is 2. The molecule has 0 bridgehead atoms. The Labute approximate surface area is 153 Å². The number of fused-ring (bicyclic) bond motifs is 6. The molecule has 9 atom stereocenters. The monoisotopic (exact) mass is 362 g/mol. The van der Waals surface area contributed by atoms with Gasteiger partial charge in [0.1, 0.15) is 30.0 Å². The summed E-state index contributed by atoms with van der Waals surface area (Å²) in [4.78, 5) is 24.7. The van der Waals surface area contributed by atoms with Crippen LogP contribution in [0, 0.1) is 23.2 Å². The van der Waals surface area contributed by atoms with Gasteiger partial charge in [0.05, 0.1) is 12.5 Å². The third kappa shape index (κ3) is 1.95. The molecule has 6 heteroatoms. The quantitative estimate of drug-likeness (QED) is 0.425. The molecule has 0 radical (unpaired) electrons. The molecular formula is C20H26O6. The molecule has 0 aromatic heterocycles. The lowest BCUT2D eigenvalue weighted by Crippen LogP contribution is -2.63. The van der Waals surface area contributed by atoms with Gasteiger partial charge in [-0.15, -0.1) is 0 Å². The van der Waals surface area contributed by atoms with E-state index in [2.05, 4.69) is 6.92 Å². The smallest absolute Gasteiger partial charge is 0.333 e. The van der Waals surface area contributed by atoms with Crippen LogP contribution in [0.4, 0.5) is 0 Å². The second-order valence-electron chi connectivity index (χ2n) is 8.94. The Morgan fingerprint density at radius 2 is 2.08 bits per heavy atom. The van der Waals surface area contributed by atoms with E-state index in [1.165, 1.54) is 0 Å². The normalized spacial score (nSPS) is 54.1. The average Bonchev–Trinajstić information content (AvgIpc) is 3.51. The Hall–Kier alpha value is -1.40. The second kappa shape index (κ2) is 5.10. The molecule has 3 heterocycles. The molecule has 0 aromatic rings. The zero-order valence-electron chi connectivity index (χ0n) is 15.7. The van der Waals surface area contributed by atoms with Gasteiger partial charge in [0, 0.05) is 22.8 Å². The number of hydrogen-bond acceptors (Lipinski definition) is 6. The molecule has 0 unspecified atom stereocenters. The predicted octanol–water partition coefficient (Wildman–Crippen LogP) is 2.01. The average molecular weight is 362 g/mol. The summed E-state index contributed by atoms with van der Waals surface area (Å²) in [6.07, 6.45) is 2.87. The minimum absolute atomic E-state index is 0.00936. The van der Waals surface area contributed by atoms with Crippen molar-refractivity contribution in [3.8, 4) is 0 Å². The van der Waals surface area contributed by atoms with Crippen LogP contribution in [0.5, 0.6) is 0 Å². The molecule has 5 aliphatic rings. The van der Waals surface area contributed by atoms with Gasteiger partial charge >= 0.3 is 11.9 Å². The van der Waals surface area contributed by atoms with Gasteiger partial charge in [0.15, 0.2) is 0 Å². The summed E-state index contributed by atoms with van der Waals surface area (Å²) in [6, 6.07) is 0. The van der Waals surface area contributed by atoms with E-state index in [9.17, 15) is 9.59 Å². The van der Waals surface area contributed by atoms with Crippen molar-refractivity contribution in [2.45, 2.75) is 70.6 Å². The van der Waals surface area contributed by atoms with Gasteiger partial charge in [0.25, 0.3) is 0 Å². The number of rotatable bonds is 2. The van der Waals surface area contributed by atoms with Crippen molar-refractivity contribution in [2.75, 3.05) is 6.61 Å². The van der Waals surface area contributed by atoms with Crippen molar-refractivity contribution in [2.24, 2.45) is 23.2 Å². The van der Waals surface area contributed by atoms with Gasteiger partial charge in [-0.3, -0.25) is 4.79 Å². The molecule has 2 saturated carbocycles. The van der Waals surface area contributed by atoms with Gasteiger partial charge in [0.2, 0.25) is 0 Å². The Morgan fingerprint density at radius 3 is 2.73 bits per heavy atom. The highest BCUT2D eigenvalue weighted by molar-refractivity contribution is 5.87. The van der Waals surface area contributed by atoms with Crippen molar-refractivity contribution in [1.29, 1.82) is 0 Å². The van der Waals surface area contributed by atoms with E-state index in [1.54, 1.807) is 13.0 Å². The molecule has 3 aliphatic heterocycles. The topological polar surface area (TPSA) is 77.7 Å². The highest BCUT2D eigenvalue weighted by Gasteiger charge is 2.82. The molecule has 2 aliphatic carbocycles. The number of epoxide rings is 2. The molecule has 0 N–H and O–H groups in total. The summed E-state index contributed by atoms with van der Waals surface area (Å²) in [5.41, 5.74) is -0.0884. The van der Waals surface area contributed by atoms with E-state index < -0.39 is 0 Å². The van der Waals surface area contributed by atoms with Crippen molar-refractivity contribution in [1.82, 2.24) is 0 Å². The van der Waals surface area contributed by atoms with E-state index >= 15 is 0 Å². The fourth-order valence-electron chi connectivity index (χ4n) is 5.94. The van der Waals surface area contributed by atoms with Crippen molar-refractivity contribution >= 4 is 11.9 Å².